The van der Waals surface area contributed by atoms with Crippen molar-refractivity contribution in [2.75, 3.05) is 12.3 Å². The van der Waals surface area contributed by atoms with E-state index >= 15 is 0 Å². The first-order chi connectivity index (χ1) is 11.7. The van der Waals surface area contributed by atoms with Crippen molar-refractivity contribution in [3.05, 3.63) is 29.3 Å². The second kappa shape index (κ2) is 8.67. The van der Waals surface area contributed by atoms with E-state index in [0.717, 1.165) is 4.90 Å². The van der Waals surface area contributed by atoms with Gasteiger partial charge in [-0.25, -0.2) is 9.59 Å². The summed E-state index contributed by atoms with van der Waals surface area (Å²) < 4.78 is 0. The highest BCUT2D eigenvalue weighted by molar-refractivity contribution is 5.98. The van der Waals surface area contributed by atoms with Gasteiger partial charge in [-0.05, 0) is 24.1 Å². The van der Waals surface area contributed by atoms with Gasteiger partial charge in [-0.15, -0.1) is 0 Å². The van der Waals surface area contributed by atoms with Crippen LogP contribution in [-0.2, 0) is 9.59 Å². The summed E-state index contributed by atoms with van der Waals surface area (Å²) in [4.78, 5) is 47.0. The number of imide groups is 1. The van der Waals surface area contributed by atoms with Crippen LogP contribution in [0.25, 0.3) is 0 Å². The number of nitrogen functional groups attached to an aromatic ring is 1. The summed E-state index contributed by atoms with van der Waals surface area (Å²) in [6.07, 6.45) is 0.500. The van der Waals surface area contributed by atoms with E-state index in [1.807, 2.05) is 0 Å². The maximum Gasteiger partial charge on any atom is 0.337 e. The molecular weight excluding hydrogens is 328 g/mol. The fourth-order valence-electron chi connectivity index (χ4n) is 2.26. The Hall–Kier alpha value is -3.10. The molecule has 1 unspecified atom stereocenters. The summed E-state index contributed by atoms with van der Waals surface area (Å²) in [5.41, 5.74) is 11.4. The third-order valence-electron chi connectivity index (χ3n) is 3.58. The van der Waals surface area contributed by atoms with Gasteiger partial charge in [0.1, 0.15) is 6.54 Å². The molecule has 0 saturated carbocycles. The molecule has 0 saturated heterocycles. The number of benzene rings is 1. The van der Waals surface area contributed by atoms with Crippen LogP contribution >= 0.6 is 0 Å². The fourth-order valence-corrected chi connectivity index (χ4v) is 2.26. The molecule has 136 valence electrons. The summed E-state index contributed by atoms with van der Waals surface area (Å²) in [5, 5.41) is 11.6. The summed E-state index contributed by atoms with van der Waals surface area (Å²) in [5.74, 6) is -2.49. The third kappa shape index (κ3) is 5.20. The lowest BCUT2D eigenvalue weighted by Gasteiger charge is -2.24. The van der Waals surface area contributed by atoms with Crippen molar-refractivity contribution in [1.82, 2.24) is 10.2 Å². The molecule has 1 atom stereocenters. The van der Waals surface area contributed by atoms with Gasteiger partial charge in [0.2, 0.25) is 11.8 Å². The van der Waals surface area contributed by atoms with Gasteiger partial charge in [-0.1, -0.05) is 19.9 Å². The van der Waals surface area contributed by atoms with E-state index < -0.39 is 36.4 Å². The topological polar surface area (TPSA) is 156 Å². The lowest BCUT2D eigenvalue weighted by atomic mass is 10.0. The van der Waals surface area contributed by atoms with Crippen molar-refractivity contribution >= 4 is 29.5 Å². The zero-order chi connectivity index (χ0) is 19.1. The molecule has 0 bridgehead atoms. The van der Waals surface area contributed by atoms with Crippen molar-refractivity contribution in [2.24, 2.45) is 5.73 Å². The SMILES string of the molecule is CCC(=O)N(CC(N)=O)C(=O)NC(CC)c1ccc(C(=O)O)c(N)c1. The predicted molar refractivity (Wildman–Crippen MR) is 90.6 cm³/mol. The number of rotatable bonds is 7. The van der Waals surface area contributed by atoms with Crippen molar-refractivity contribution in [3.8, 4) is 0 Å². The predicted octanol–water partition coefficient (Wildman–Crippen LogP) is 0.852. The van der Waals surface area contributed by atoms with Crippen LogP contribution in [0.2, 0.25) is 0 Å². The minimum absolute atomic E-state index is 0.0394. The van der Waals surface area contributed by atoms with Crippen LogP contribution in [0.15, 0.2) is 18.2 Å². The van der Waals surface area contributed by atoms with Gasteiger partial charge in [0.05, 0.1) is 11.6 Å². The van der Waals surface area contributed by atoms with Gasteiger partial charge < -0.3 is 21.9 Å². The number of carbonyl (C=O) groups excluding carboxylic acids is 3. The Morgan fingerprint density at radius 3 is 2.32 bits per heavy atom. The average Bonchev–Trinajstić information content (AvgIpc) is 2.55. The van der Waals surface area contributed by atoms with Crippen LogP contribution in [0, 0.1) is 0 Å². The molecule has 1 aromatic carbocycles. The van der Waals surface area contributed by atoms with Gasteiger partial charge in [0.15, 0.2) is 0 Å². The molecule has 0 spiro atoms. The molecule has 0 radical (unpaired) electrons. The lowest BCUT2D eigenvalue weighted by molar-refractivity contribution is -0.132. The second-order valence-corrected chi connectivity index (χ2v) is 5.36. The molecule has 6 N–H and O–H groups in total. The van der Waals surface area contributed by atoms with Gasteiger partial charge in [-0.3, -0.25) is 14.5 Å². The van der Waals surface area contributed by atoms with Crippen LogP contribution in [0.1, 0.15) is 48.7 Å². The number of hydrogen-bond acceptors (Lipinski definition) is 5. The van der Waals surface area contributed by atoms with Crippen LogP contribution in [0.5, 0.6) is 0 Å². The number of primary amides is 1. The number of anilines is 1. The Balaban J connectivity index is 3.01. The zero-order valence-corrected chi connectivity index (χ0v) is 14.1. The Morgan fingerprint density at radius 2 is 1.88 bits per heavy atom. The van der Waals surface area contributed by atoms with E-state index in [2.05, 4.69) is 5.32 Å². The molecule has 4 amide bonds. The molecule has 9 nitrogen and oxygen atoms in total. The first-order valence-electron chi connectivity index (χ1n) is 7.73. The van der Waals surface area contributed by atoms with Gasteiger partial charge in [0, 0.05) is 12.1 Å². The highest BCUT2D eigenvalue weighted by Gasteiger charge is 2.24. The quantitative estimate of drug-likeness (QED) is 0.534. The molecular formula is C16H22N4O5. The van der Waals surface area contributed by atoms with E-state index in [9.17, 15) is 19.2 Å². The Labute approximate surface area is 145 Å². The second-order valence-electron chi connectivity index (χ2n) is 5.36. The third-order valence-corrected chi connectivity index (χ3v) is 3.58. The number of carboxylic acid groups (broad SMARTS) is 1. The smallest absolute Gasteiger partial charge is 0.337 e. The first kappa shape index (κ1) is 19.9. The standard InChI is InChI=1S/C16H22N4O5/c1-3-12(9-5-6-10(15(23)24)11(17)7-9)19-16(25)20(8-13(18)21)14(22)4-2/h5-7,12H,3-4,8,17H2,1-2H3,(H2,18,21)(H,19,25)(H,23,24). The summed E-state index contributed by atoms with van der Waals surface area (Å²) in [7, 11) is 0. The minimum atomic E-state index is -1.15. The number of aromatic carboxylic acids is 1. The number of nitrogens with two attached hydrogens (primary N) is 2. The van der Waals surface area contributed by atoms with Gasteiger partial charge in [0.25, 0.3) is 0 Å². The molecule has 0 aliphatic rings. The number of amides is 4. The molecule has 0 fully saturated rings. The van der Waals surface area contributed by atoms with Crippen LogP contribution in [0.3, 0.4) is 0 Å². The van der Waals surface area contributed by atoms with Gasteiger partial charge >= 0.3 is 12.0 Å². The summed E-state index contributed by atoms with van der Waals surface area (Å²) in [6.45, 7) is 2.84. The number of nitrogens with zero attached hydrogens (tertiary/aromatic N) is 1. The average molecular weight is 350 g/mol. The van der Waals surface area contributed by atoms with E-state index in [0.29, 0.717) is 12.0 Å². The maximum absolute atomic E-state index is 12.3. The Kier molecular flexibility index (Phi) is 6.92. The normalized spacial score (nSPS) is 11.4. The first-order valence-corrected chi connectivity index (χ1v) is 7.73. The maximum atomic E-state index is 12.3. The lowest BCUT2D eigenvalue weighted by Crippen LogP contribution is -2.48. The van der Waals surface area contributed by atoms with E-state index in [1.54, 1.807) is 13.8 Å². The van der Waals surface area contributed by atoms with Crippen LogP contribution in [0.4, 0.5) is 10.5 Å². The molecule has 0 heterocycles. The highest BCUT2D eigenvalue weighted by atomic mass is 16.4. The summed E-state index contributed by atoms with van der Waals surface area (Å²) >= 11 is 0. The Morgan fingerprint density at radius 1 is 1.24 bits per heavy atom. The summed E-state index contributed by atoms with van der Waals surface area (Å²) in [6, 6.07) is 3.07. The molecule has 9 heteroatoms. The number of carbonyl (C=O) groups is 4. The number of urea groups is 1. The van der Waals surface area contributed by atoms with Crippen molar-refractivity contribution in [1.29, 1.82) is 0 Å². The number of carboxylic acids is 1. The zero-order valence-electron chi connectivity index (χ0n) is 14.1. The van der Waals surface area contributed by atoms with Crippen LogP contribution in [-0.4, -0.2) is 40.4 Å². The largest absolute Gasteiger partial charge is 0.478 e. The minimum Gasteiger partial charge on any atom is -0.478 e. The van der Waals surface area contributed by atoms with E-state index in [1.165, 1.54) is 18.2 Å². The van der Waals surface area contributed by atoms with E-state index in [-0.39, 0.29) is 17.7 Å². The Bertz CT molecular complexity index is 689. The van der Waals surface area contributed by atoms with E-state index in [4.69, 9.17) is 16.6 Å². The van der Waals surface area contributed by atoms with Crippen molar-refractivity contribution in [3.63, 3.8) is 0 Å². The molecule has 0 aliphatic heterocycles. The molecule has 0 aromatic heterocycles. The monoisotopic (exact) mass is 350 g/mol. The number of hydrogen-bond donors (Lipinski definition) is 4. The van der Waals surface area contributed by atoms with Crippen molar-refractivity contribution < 1.29 is 24.3 Å². The van der Waals surface area contributed by atoms with Gasteiger partial charge in [-0.2, -0.15) is 0 Å². The molecule has 0 aliphatic carbocycles. The molecule has 1 rings (SSSR count). The fraction of sp³-hybridized carbons (Fsp3) is 0.375. The highest BCUT2D eigenvalue weighted by Crippen LogP contribution is 2.22. The number of nitrogens with one attached hydrogen (secondary N) is 1. The molecule has 25 heavy (non-hydrogen) atoms. The van der Waals surface area contributed by atoms with Crippen molar-refractivity contribution in [2.45, 2.75) is 32.7 Å². The van der Waals surface area contributed by atoms with Crippen LogP contribution < -0.4 is 16.8 Å². The molecule has 1 aromatic rings.